The number of nitrogens with two attached hydrogens (primary N) is 1. The summed E-state index contributed by atoms with van der Waals surface area (Å²) < 4.78 is 27.9. The maximum absolute atomic E-state index is 11.3. The number of ether oxygens (including phenoxy) is 1. The Hall–Kier alpha value is -2.06. The lowest BCUT2D eigenvalue weighted by molar-refractivity contribution is 0.0697. The maximum atomic E-state index is 11.3. The number of aromatic carboxylic acids is 1. The summed E-state index contributed by atoms with van der Waals surface area (Å²) in [5.41, 5.74) is 0.181. The SMILES string of the molecule is NS(=O)(=O)c1ccc(NCC2CCC=CO2)c(C(=O)O)c1. The van der Waals surface area contributed by atoms with Crippen LogP contribution in [0.2, 0.25) is 0 Å². The Kier molecular flexibility index (Phi) is 4.49. The van der Waals surface area contributed by atoms with Crippen molar-refractivity contribution in [2.75, 3.05) is 11.9 Å². The molecule has 114 valence electrons. The van der Waals surface area contributed by atoms with Crippen LogP contribution in [-0.4, -0.2) is 32.1 Å². The number of nitrogens with one attached hydrogen (secondary N) is 1. The zero-order chi connectivity index (χ0) is 15.5. The van der Waals surface area contributed by atoms with Crippen LogP contribution < -0.4 is 10.5 Å². The van der Waals surface area contributed by atoms with Crippen LogP contribution in [-0.2, 0) is 14.8 Å². The van der Waals surface area contributed by atoms with E-state index in [1.54, 1.807) is 6.26 Å². The van der Waals surface area contributed by atoms with Crippen molar-refractivity contribution < 1.29 is 23.1 Å². The molecular weight excluding hydrogens is 296 g/mol. The molecule has 0 aliphatic carbocycles. The van der Waals surface area contributed by atoms with Crippen LogP contribution in [0.3, 0.4) is 0 Å². The first kappa shape index (κ1) is 15.3. The molecule has 1 unspecified atom stereocenters. The van der Waals surface area contributed by atoms with Crippen molar-refractivity contribution in [2.24, 2.45) is 5.14 Å². The van der Waals surface area contributed by atoms with Gasteiger partial charge in [0.15, 0.2) is 0 Å². The smallest absolute Gasteiger partial charge is 0.337 e. The predicted molar refractivity (Wildman–Crippen MR) is 76.5 cm³/mol. The van der Waals surface area contributed by atoms with Gasteiger partial charge in [-0.05, 0) is 37.1 Å². The third kappa shape index (κ3) is 3.96. The zero-order valence-corrected chi connectivity index (χ0v) is 12.0. The van der Waals surface area contributed by atoms with Crippen molar-refractivity contribution in [3.05, 3.63) is 36.1 Å². The van der Waals surface area contributed by atoms with Crippen LogP contribution in [0.25, 0.3) is 0 Å². The van der Waals surface area contributed by atoms with E-state index < -0.39 is 16.0 Å². The molecule has 0 fully saturated rings. The summed E-state index contributed by atoms with van der Waals surface area (Å²) in [6.07, 6.45) is 5.23. The molecule has 0 radical (unpaired) electrons. The topological polar surface area (TPSA) is 119 Å². The second kappa shape index (κ2) is 6.15. The Balaban J connectivity index is 2.18. The molecule has 1 aromatic carbocycles. The average molecular weight is 312 g/mol. The molecule has 2 rings (SSSR count). The molecule has 1 atom stereocenters. The van der Waals surface area contributed by atoms with E-state index in [4.69, 9.17) is 9.88 Å². The van der Waals surface area contributed by atoms with Crippen LogP contribution in [0.4, 0.5) is 5.69 Å². The molecule has 7 nitrogen and oxygen atoms in total. The second-order valence-electron chi connectivity index (χ2n) is 4.65. The number of rotatable bonds is 5. The third-order valence-electron chi connectivity index (χ3n) is 3.09. The first-order chi connectivity index (χ1) is 9.88. The summed E-state index contributed by atoms with van der Waals surface area (Å²) in [7, 11) is -3.94. The van der Waals surface area contributed by atoms with E-state index in [0.29, 0.717) is 12.2 Å². The van der Waals surface area contributed by atoms with Gasteiger partial charge in [0.2, 0.25) is 10.0 Å². The van der Waals surface area contributed by atoms with Crippen LogP contribution in [0.5, 0.6) is 0 Å². The minimum atomic E-state index is -3.94. The van der Waals surface area contributed by atoms with Crippen molar-refractivity contribution >= 4 is 21.7 Å². The van der Waals surface area contributed by atoms with Gasteiger partial charge in [-0.25, -0.2) is 18.4 Å². The van der Waals surface area contributed by atoms with Gasteiger partial charge < -0.3 is 15.2 Å². The Morgan fingerprint density at radius 3 is 2.81 bits per heavy atom. The number of benzene rings is 1. The highest BCUT2D eigenvalue weighted by atomic mass is 32.2. The molecule has 0 amide bonds. The van der Waals surface area contributed by atoms with Gasteiger partial charge in [-0.3, -0.25) is 0 Å². The number of anilines is 1. The van der Waals surface area contributed by atoms with E-state index in [9.17, 15) is 18.3 Å². The largest absolute Gasteiger partial charge is 0.497 e. The lowest BCUT2D eigenvalue weighted by atomic mass is 10.1. The minimum absolute atomic E-state index is 0.0467. The van der Waals surface area contributed by atoms with E-state index in [1.165, 1.54) is 12.1 Å². The first-order valence-corrected chi connectivity index (χ1v) is 7.87. The highest BCUT2D eigenvalue weighted by Crippen LogP contribution is 2.21. The van der Waals surface area contributed by atoms with Crippen molar-refractivity contribution in [1.82, 2.24) is 0 Å². The van der Waals surface area contributed by atoms with Crippen molar-refractivity contribution in [2.45, 2.75) is 23.8 Å². The van der Waals surface area contributed by atoms with Gasteiger partial charge >= 0.3 is 5.97 Å². The summed E-state index contributed by atoms with van der Waals surface area (Å²) in [6, 6.07) is 3.70. The molecule has 0 aromatic heterocycles. The molecule has 0 saturated heterocycles. The van der Waals surface area contributed by atoms with Crippen molar-refractivity contribution in [3.8, 4) is 0 Å². The Morgan fingerprint density at radius 1 is 1.48 bits per heavy atom. The molecule has 1 heterocycles. The first-order valence-electron chi connectivity index (χ1n) is 6.32. The second-order valence-corrected chi connectivity index (χ2v) is 6.21. The molecule has 0 saturated carbocycles. The van der Waals surface area contributed by atoms with Gasteiger partial charge in [0.25, 0.3) is 0 Å². The maximum Gasteiger partial charge on any atom is 0.337 e. The number of allylic oxidation sites excluding steroid dienone is 1. The van der Waals surface area contributed by atoms with Gasteiger partial charge in [0.1, 0.15) is 6.10 Å². The van der Waals surface area contributed by atoms with Gasteiger partial charge in [0.05, 0.1) is 23.3 Å². The van der Waals surface area contributed by atoms with E-state index in [0.717, 1.165) is 18.9 Å². The van der Waals surface area contributed by atoms with E-state index in [-0.39, 0.29) is 16.6 Å². The number of hydrogen-bond acceptors (Lipinski definition) is 5. The summed E-state index contributed by atoms with van der Waals surface area (Å²) in [4.78, 5) is 11.0. The summed E-state index contributed by atoms with van der Waals surface area (Å²) in [6.45, 7) is 0.430. The quantitative estimate of drug-likeness (QED) is 0.750. The Morgan fingerprint density at radius 2 is 2.24 bits per heavy atom. The summed E-state index contributed by atoms with van der Waals surface area (Å²) in [5.74, 6) is -1.23. The lowest BCUT2D eigenvalue weighted by Crippen LogP contribution is -2.24. The monoisotopic (exact) mass is 312 g/mol. The number of sulfonamides is 1. The number of hydrogen-bond donors (Lipinski definition) is 3. The van der Waals surface area contributed by atoms with Crippen molar-refractivity contribution in [3.63, 3.8) is 0 Å². The van der Waals surface area contributed by atoms with Gasteiger partial charge in [-0.2, -0.15) is 0 Å². The third-order valence-corrected chi connectivity index (χ3v) is 4.00. The normalized spacial score (nSPS) is 18.0. The van der Waals surface area contributed by atoms with Crippen LogP contribution in [0.15, 0.2) is 35.4 Å². The Labute approximate surface area is 122 Å². The lowest BCUT2D eigenvalue weighted by Gasteiger charge is -2.21. The van der Waals surface area contributed by atoms with Crippen LogP contribution in [0, 0.1) is 0 Å². The standard InChI is InChI=1S/C13H16N2O5S/c14-21(18,19)10-4-5-12(11(7-10)13(16)17)15-8-9-3-1-2-6-20-9/h2,4-7,9,15H,1,3,8H2,(H,16,17)(H2,14,18,19). The average Bonchev–Trinajstić information content (AvgIpc) is 2.45. The molecular formula is C13H16N2O5S. The van der Waals surface area contributed by atoms with Gasteiger partial charge in [-0.15, -0.1) is 0 Å². The number of carbonyl (C=O) groups is 1. The highest BCUT2D eigenvalue weighted by molar-refractivity contribution is 7.89. The number of primary sulfonamides is 1. The van der Waals surface area contributed by atoms with Crippen molar-refractivity contribution in [1.29, 1.82) is 0 Å². The minimum Gasteiger partial charge on any atom is -0.497 e. The molecule has 1 aliphatic rings. The summed E-state index contributed by atoms with van der Waals surface area (Å²) >= 11 is 0. The van der Waals surface area contributed by atoms with Crippen LogP contribution >= 0.6 is 0 Å². The number of carboxylic acids is 1. The van der Waals surface area contributed by atoms with Gasteiger partial charge in [-0.1, -0.05) is 0 Å². The highest BCUT2D eigenvalue weighted by Gasteiger charge is 2.17. The molecule has 8 heteroatoms. The molecule has 21 heavy (non-hydrogen) atoms. The molecule has 1 aliphatic heterocycles. The Bertz CT molecular complexity index is 669. The van der Waals surface area contributed by atoms with E-state index >= 15 is 0 Å². The fraction of sp³-hybridized carbons (Fsp3) is 0.308. The molecule has 4 N–H and O–H groups in total. The number of carboxylic acid groups (broad SMARTS) is 1. The molecule has 0 bridgehead atoms. The van der Waals surface area contributed by atoms with Crippen LogP contribution in [0.1, 0.15) is 23.2 Å². The summed E-state index contributed by atoms with van der Waals surface area (Å²) in [5, 5.41) is 17.1. The van der Waals surface area contributed by atoms with E-state index in [2.05, 4.69) is 5.32 Å². The molecule has 0 spiro atoms. The van der Waals surface area contributed by atoms with E-state index in [1.807, 2.05) is 6.08 Å². The van der Waals surface area contributed by atoms with Gasteiger partial charge in [0, 0.05) is 5.69 Å². The zero-order valence-electron chi connectivity index (χ0n) is 11.2. The predicted octanol–water partition coefficient (Wildman–Crippen LogP) is 1.14. The fourth-order valence-electron chi connectivity index (χ4n) is 1.99. The molecule has 1 aromatic rings. The fourth-order valence-corrected chi connectivity index (χ4v) is 2.53.